The lowest BCUT2D eigenvalue weighted by Crippen LogP contribution is -2.36. The molecule has 2 fully saturated rings. The molecule has 36 heavy (non-hydrogen) atoms. The van der Waals surface area contributed by atoms with Gasteiger partial charge in [-0.2, -0.15) is 0 Å². The van der Waals surface area contributed by atoms with Crippen LogP contribution in [0.25, 0.3) is 10.9 Å². The van der Waals surface area contributed by atoms with Crippen LogP contribution in [-0.2, 0) is 18.0 Å². The Morgan fingerprint density at radius 2 is 1.53 bits per heavy atom. The number of carbonyl (C=O) groups is 2. The summed E-state index contributed by atoms with van der Waals surface area (Å²) in [6, 6.07) is 11.9. The van der Waals surface area contributed by atoms with Crippen molar-refractivity contribution in [2.24, 2.45) is 24.0 Å². The zero-order chi connectivity index (χ0) is 25.8. The van der Waals surface area contributed by atoms with Crippen LogP contribution in [0.3, 0.4) is 0 Å². The van der Waals surface area contributed by atoms with Crippen LogP contribution >= 0.6 is 0 Å². The molecule has 2 N–H and O–H groups in total. The Kier molecular flexibility index (Phi) is 6.03. The summed E-state index contributed by atoms with van der Waals surface area (Å²) >= 11 is 0. The number of fused-ring (bicyclic) bond motifs is 2. The topological polar surface area (TPSA) is 97.9 Å². The number of nitrogens with zero attached hydrogens (tertiary/aromatic N) is 3. The standard InChI is InChI=1S/C24H23F3N4O4S/c1-29-20-7-4-18(35-24(25,26)27)8-15(20)9-21(29)23(33)31-12-16-10-30(11-17(16)13-31)22(32)14-2-5-19(6-3-14)36(28)34/h2-9,16-17H,10-13,28H2,1H3/t16-,17+,36?. The smallest absolute Gasteiger partial charge is 0.406 e. The number of carbonyl (C=O) groups excluding carboxylic acids is 2. The molecule has 2 aromatic carbocycles. The Morgan fingerprint density at radius 3 is 2.08 bits per heavy atom. The van der Waals surface area contributed by atoms with Crippen LogP contribution in [0.4, 0.5) is 13.2 Å². The summed E-state index contributed by atoms with van der Waals surface area (Å²) in [5.74, 6) is -0.400. The molecule has 2 aliphatic rings. The molecule has 0 spiro atoms. The second-order valence-corrected chi connectivity index (χ2v) is 10.2. The Hall–Kier alpha value is -3.38. The summed E-state index contributed by atoms with van der Waals surface area (Å²) in [5.41, 5.74) is 1.48. The maximum atomic E-state index is 13.3. The van der Waals surface area contributed by atoms with Crippen LogP contribution in [0.5, 0.6) is 5.75 Å². The SMILES string of the molecule is Cn1c(C(=O)N2C[C@H]3CN(C(=O)c4ccc(S(N)=O)cc4)C[C@H]3C2)cc2cc(OC(F)(F)F)ccc21. The zero-order valence-electron chi connectivity index (χ0n) is 19.2. The van der Waals surface area contributed by atoms with Gasteiger partial charge in [0.05, 0.1) is 4.90 Å². The van der Waals surface area contributed by atoms with E-state index in [9.17, 15) is 27.0 Å². The minimum Gasteiger partial charge on any atom is -0.406 e. The van der Waals surface area contributed by atoms with Crippen molar-refractivity contribution in [1.82, 2.24) is 14.4 Å². The number of hydrogen-bond acceptors (Lipinski definition) is 4. The number of hydrogen-bond donors (Lipinski definition) is 1. The van der Waals surface area contributed by atoms with E-state index in [0.29, 0.717) is 53.2 Å². The largest absolute Gasteiger partial charge is 0.573 e. The average Bonchev–Trinajstić information content (AvgIpc) is 3.49. The normalized spacial score (nSPS) is 20.6. The molecule has 3 heterocycles. The van der Waals surface area contributed by atoms with Crippen LogP contribution in [0.15, 0.2) is 53.4 Å². The highest BCUT2D eigenvalue weighted by molar-refractivity contribution is 7.82. The van der Waals surface area contributed by atoms with E-state index in [4.69, 9.17) is 5.14 Å². The lowest BCUT2D eigenvalue weighted by Gasteiger charge is -2.22. The molecule has 0 aliphatic carbocycles. The molecule has 190 valence electrons. The molecule has 2 saturated heterocycles. The van der Waals surface area contributed by atoms with Crippen molar-refractivity contribution >= 4 is 33.7 Å². The average molecular weight is 521 g/mol. The minimum atomic E-state index is -4.79. The number of likely N-dealkylation sites (tertiary alicyclic amines) is 2. The predicted molar refractivity (Wildman–Crippen MR) is 125 cm³/mol. The van der Waals surface area contributed by atoms with E-state index in [2.05, 4.69) is 4.74 Å². The monoisotopic (exact) mass is 520 g/mol. The van der Waals surface area contributed by atoms with Crippen LogP contribution in [0.1, 0.15) is 20.8 Å². The van der Waals surface area contributed by atoms with Gasteiger partial charge in [0.15, 0.2) is 0 Å². The summed E-state index contributed by atoms with van der Waals surface area (Å²) in [7, 11) is 0.0884. The van der Waals surface area contributed by atoms with E-state index in [-0.39, 0.29) is 29.4 Å². The highest BCUT2D eigenvalue weighted by atomic mass is 32.2. The number of alkyl halides is 3. The Bertz CT molecular complexity index is 1360. The summed E-state index contributed by atoms with van der Waals surface area (Å²) in [6.45, 7) is 2.01. The minimum absolute atomic E-state index is 0.123. The highest BCUT2D eigenvalue weighted by Gasteiger charge is 2.43. The Labute approximate surface area is 207 Å². The zero-order valence-corrected chi connectivity index (χ0v) is 20.0. The molecule has 1 aromatic heterocycles. The van der Waals surface area contributed by atoms with Gasteiger partial charge in [-0.3, -0.25) is 9.59 Å². The molecule has 0 saturated carbocycles. The number of ether oxygens (including phenoxy) is 1. The van der Waals surface area contributed by atoms with Crippen molar-refractivity contribution in [3.63, 3.8) is 0 Å². The van der Waals surface area contributed by atoms with E-state index >= 15 is 0 Å². The second kappa shape index (κ2) is 8.93. The number of aryl methyl sites for hydroxylation is 1. The van der Waals surface area contributed by atoms with Crippen molar-refractivity contribution in [2.75, 3.05) is 26.2 Å². The van der Waals surface area contributed by atoms with Crippen molar-refractivity contribution in [3.8, 4) is 5.75 Å². The third-order valence-electron chi connectivity index (χ3n) is 6.86. The fourth-order valence-corrected chi connectivity index (χ4v) is 5.54. The van der Waals surface area contributed by atoms with Gasteiger partial charge in [-0.05, 0) is 48.5 Å². The van der Waals surface area contributed by atoms with Gasteiger partial charge in [0.25, 0.3) is 11.8 Å². The maximum absolute atomic E-state index is 13.3. The van der Waals surface area contributed by atoms with Crippen LogP contribution in [-0.4, -0.2) is 62.9 Å². The molecule has 8 nitrogen and oxygen atoms in total. The third-order valence-corrected chi connectivity index (χ3v) is 7.60. The van der Waals surface area contributed by atoms with Gasteiger partial charge in [-0.25, -0.2) is 9.35 Å². The summed E-state index contributed by atoms with van der Waals surface area (Å²) in [6.07, 6.45) is -4.79. The maximum Gasteiger partial charge on any atom is 0.573 e. The fourth-order valence-electron chi connectivity index (χ4n) is 5.13. The fraction of sp³-hybridized carbons (Fsp3) is 0.333. The van der Waals surface area contributed by atoms with Crippen molar-refractivity contribution in [3.05, 3.63) is 59.8 Å². The molecule has 2 aliphatic heterocycles. The van der Waals surface area contributed by atoms with Crippen LogP contribution < -0.4 is 9.88 Å². The summed E-state index contributed by atoms with van der Waals surface area (Å²) in [5, 5.41) is 5.84. The molecule has 3 atom stereocenters. The van der Waals surface area contributed by atoms with Crippen LogP contribution in [0, 0.1) is 11.8 Å². The molecule has 5 rings (SSSR count). The van der Waals surface area contributed by atoms with Gasteiger partial charge < -0.3 is 19.1 Å². The van der Waals surface area contributed by atoms with Gasteiger partial charge in [0.2, 0.25) is 0 Å². The van der Waals surface area contributed by atoms with Gasteiger partial charge >= 0.3 is 6.36 Å². The molecule has 12 heteroatoms. The van der Waals surface area contributed by atoms with E-state index in [1.165, 1.54) is 18.2 Å². The van der Waals surface area contributed by atoms with E-state index in [0.717, 1.165) is 0 Å². The van der Waals surface area contributed by atoms with E-state index in [1.54, 1.807) is 51.7 Å². The number of halogens is 3. The first-order valence-electron chi connectivity index (χ1n) is 11.2. The Balaban J connectivity index is 1.26. The number of nitrogens with two attached hydrogens (primary N) is 1. The second-order valence-electron chi connectivity index (χ2n) is 9.12. The molecule has 0 bridgehead atoms. The van der Waals surface area contributed by atoms with Gasteiger partial charge in [-0.15, -0.1) is 13.2 Å². The number of rotatable bonds is 4. The molecule has 3 aromatic rings. The molecule has 2 amide bonds. The van der Waals surface area contributed by atoms with E-state index in [1.807, 2.05) is 0 Å². The van der Waals surface area contributed by atoms with Crippen molar-refractivity contribution in [2.45, 2.75) is 11.3 Å². The summed E-state index contributed by atoms with van der Waals surface area (Å²) in [4.78, 5) is 30.1. The number of benzene rings is 2. The molecular formula is C24H23F3N4O4S. The first-order chi connectivity index (χ1) is 17.0. The Morgan fingerprint density at radius 1 is 0.944 bits per heavy atom. The molecule has 1 unspecified atom stereocenters. The first-order valence-corrected chi connectivity index (χ1v) is 12.4. The van der Waals surface area contributed by atoms with E-state index < -0.39 is 17.3 Å². The van der Waals surface area contributed by atoms with Gasteiger partial charge in [0.1, 0.15) is 22.4 Å². The lowest BCUT2D eigenvalue weighted by atomic mass is 10.0. The predicted octanol–water partition coefficient (Wildman–Crippen LogP) is 2.90. The van der Waals surface area contributed by atoms with Crippen LogP contribution in [0.2, 0.25) is 0 Å². The third kappa shape index (κ3) is 4.58. The highest BCUT2D eigenvalue weighted by Crippen LogP contribution is 2.34. The van der Waals surface area contributed by atoms with Crippen molar-refractivity contribution < 1.29 is 31.7 Å². The number of aromatic nitrogens is 1. The quantitative estimate of drug-likeness (QED) is 0.572. The van der Waals surface area contributed by atoms with Crippen molar-refractivity contribution in [1.29, 1.82) is 0 Å². The first kappa shape index (κ1) is 24.3. The molecular weight excluding hydrogens is 497 g/mol. The summed E-state index contributed by atoms with van der Waals surface area (Å²) < 4.78 is 54.7. The number of amides is 2. The van der Waals surface area contributed by atoms with Gasteiger partial charge in [-0.1, -0.05) is 0 Å². The van der Waals surface area contributed by atoms with Gasteiger partial charge in [0, 0.05) is 61.5 Å². The lowest BCUT2D eigenvalue weighted by molar-refractivity contribution is -0.274. The molecule has 0 radical (unpaired) electrons.